The first-order valence-electron chi connectivity index (χ1n) is 8.35. The van der Waals surface area contributed by atoms with Gasteiger partial charge in [-0.25, -0.2) is 4.79 Å². The van der Waals surface area contributed by atoms with E-state index in [2.05, 4.69) is 10.2 Å². The van der Waals surface area contributed by atoms with Crippen molar-refractivity contribution >= 4 is 16.7 Å². The standard InChI is InChI=1S/C21H17N3O2/c1-15-20(23-24(22-15)18-11-3-2-4-12-18)21(25)26-14-17-10-7-9-16-8-5-6-13-19(16)17/h2-13H,14H2,1H3. The second-order valence-electron chi connectivity index (χ2n) is 5.97. The van der Waals surface area contributed by atoms with Gasteiger partial charge in [0.25, 0.3) is 0 Å². The number of esters is 1. The van der Waals surface area contributed by atoms with Crippen molar-refractivity contribution in [1.29, 1.82) is 0 Å². The Morgan fingerprint density at radius 3 is 2.50 bits per heavy atom. The van der Waals surface area contributed by atoms with E-state index in [0.29, 0.717) is 5.69 Å². The highest BCUT2D eigenvalue weighted by Crippen LogP contribution is 2.20. The number of aromatic nitrogens is 3. The summed E-state index contributed by atoms with van der Waals surface area (Å²) in [6.45, 7) is 1.94. The second kappa shape index (κ2) is 6.80. The van der Waals surface area contributed by atoms with Crippen LogP contribution in [0.4, 0.5) is 0 Å². The van der Waals surface area contributed by atoms with E-state index in [1.54, 1.807) is 6.92 Å². The number of carbonyl (C=O) groups excluding carboxylic acids is 1. The Bertz CT molecular complexity index is 1070. The van der Waals surface area contributed by atoms with E-state index in [9.17, 15) is 4.79 Å². The molecule has 1 aromatic heterocycles. The van der Waals surface area contributed by atoms with Gasteiger partial charge in [-0.2, -0.15) is 9.90 Å². The lowest BCUT2D eigenvalue weighted by Crippen LogP contribution is -2.08. The van der Waals surface area contributed by atoms with E-state index in [-0.39, 0.29) is 12.3 Å². The molecule has 0 saturated heterocycles. The number of hydrogen-bond acceptors (Lipinski definition) is 4. The number of nitrogens with zero attached hydrogens (tertiary/aromatic N) is 3. The Hall–Kier alpha value is -3.47. The third-order valence-electron chi connectivity index (χ3n) is 4.20. The molecule has 0 atom stereocenters. The highest BCUT2D eigenvalue weighted by Gasteiger charge is 2.18. The number of para-hydroxylation sites is 1. The van der Waals surface area contributed by atoms with Crippen molar-refractivity contribution in [3.63, 3.8) is 0 Å². The SMILES string of the molecule is Cc1nn(-c2ccccc2)nc1C(=O)OCc1cccc2ccccc12. The first-order valence-corrected chi connectivity index (χ1v) is 8.35. The molecule has 0 bridgehead atoms. The molecule has 0 radical (unpaired) electrons. The van der Waals surface area contributed by atoms with Crippen LogP contribution in [0.5, 0.6) is 0 Å². The number of ether oxygens (including phenoxy) is 1. The zero-order valence-electron chi connectivity index (χ0n) is 14.3. The van der Waals surface area contributed by atoms with Crippen LogP contribution in [0.25, 0.3) is 16.5 Å². The fraction of sp³-hybridized carbons (Fsp3) is 0.0952. The van der Waals surface area contributed by atoms with Crippen LogP contribution in [0, 0.1) is 6.92 Å². The van der Waals surface area contributed by atoms with Crippen LogP contribution < -0.4 is 0 Å². The Morgan fingerprint density at radius 1 is 0.923 bits per heavy atom. The molecule has 5 nitrogen and oxygen atoms in total. The Kier molecular flexibility index (Phi) is 4.19. The number of rotatable bonds is 4. The first-order chi connectivity index (χ1) is 12.7. The van der Waals surface area contributed by atoms with Crippen LogP contribution in [0.2, 0.25) is 0 Å². The summed E-state index contributed by atoms with van der Waals surface area (Å²) in [5.74, 6) is -0.474. The summed E-state index contributed by atoms with van der Waals surface area (Å²) >= 11 is 0. The summed E-state index contributed by atoms with van der Waals surface area (Å²) in [5.41, 5.74) is 2.53. The molecular weight excluding hydrogens is 326 g/mol. The van der Waals surface area contributed by atoms with Crippen LogP contribution in [0.1, 0.15) is 21.7 Å². The molecule has 0 unspecified atom stereocenters. The van der Waals surface area contributed by atoms with Crippen molar-refractivity contribution in [2.75, 3.05) is 0 Å². The van der Waals surface area contributed by atoms with E-state index in [0.717, 1.165) is 22.0 Å². The average Bonchev–Trinajstić information content (AvgIpc) is 3.08. The van der Waals surface area contributed by atoms with Gasteiger partial charge in [0.1, 0.15) is 6.61 Å². The van der Waals surface area contributed by atoms with Crippen molar-refractivity contribution in [2.24, 2.45) is 0 Å². The van der Waals surface area contributed by atoms with Gasteiger partial charge in [-0.1, -0.05) is 60.7 Å². The molecule has 3 aromatic carbocycles. The smallest absolute Gasteiger partial charge is 0.361 e. The molecule has 0 aliphatic rings. The van der Waals surface area contributed by atoms with Gasteiger partial charge in [0.05, 0.1) is 11.4 Å². The molecule has 0 fully saturated rings. The summed E-state index contributed by atoms with van der Waals surface area (Å²) in [5, 5.41) is 10.8. The third-order valence-corrected chi connectivity index (χ3v) is 4.20. The van der Waals surface area contributed by atoms with E-state index >= 15 is 0 Å². The van der Waals surface area contributed by atoms with Gasteiger partial charge >= 0.3 is 5.97 Å². The van der Waals surface area contributed by atoms with Gasteiger partial charge < -0.3 is 4.74 Å². The Labute approximate surface area is 150 Å². The zero-order valence-corrected chi connectivity index (χ0v) is 14.3. The van der Waals surface area contributed by atoms with E-state index in [4.69, 9.17) is 4.74 Å². The van der Waals surface area contributed by atoms with E-state index < -0.39 is 5.97 Å². The first kappa shape index (κ1) is 16.0. The van der Waals surface area contributed by atoms with Gasteiger partial charge in [0.2, 0.25) is 0 Å². The fourth-order valence-corrected chi connectivity index (χ4v) is 2.87. The minimum atomic E-state index is -0.474. The molecule has 0 aliphatic carbocycles. The summed E-state index contributed by atoms with van der Waals surface area (Å²) in [7, 11) is 0. The van der Waals surface area contributed by atoms with Crippen LogP contribution >= 0.6 is 0 Å². The third kappa shape index (κ3) is 3.07. The predicted octanol–water partition coefficient (Wildman–Crippen LogP) is 4.09. The Balaban J connectivity index is 1.54. The highest BCUT2D eigenvalue weighted by molar-refractivity contribution is 5.89. The second-order valence-corrected chi connectivity index (χ2v) is 5.97. The maximum atomic E-state index is 12.5. The molecular formula is C21H17N3O2. The van der Waals surface area contributed by atoms with Gasteiger partial charge in [0, 0.05) is 0 Å². The van der Waals surface area contributed by atoms with Crippen molar-refractivity contribution in [2.45, 2.75) is 13.5 Å². The zero-order chi connectivity index (χ0) is 17.9. The molecule has 5 heteroatoms. The van der Waals surface area contributed by atoms with E-state index in [1.807, 2.05) is 72.8 Å². The minimum absolute atomic E-state index is 0.192. The van der Waals surface area contributed by atoms with Crippen LogP contribution in [-0.2, 0) is 11.3 Å². The number of hydrogen-bond donors (Lipinski definition) is 0. The Morgan fingerprint density at radius 2 is 1.65 bits per heavy atom. The molecule has 0 aliphatic heterocycles. The van der Waals surface area contributed by atoms with Crippen molar-refractivity contribution in [3.8, 4) is 5.69 Å². The highest BCUT2D eigenvalue weighted by atomic mass is 16.5. The molecule has 0 saturated carbocycles. The topological polar surface area (TPSA) is 57.0 Å². The molecule has 0 spiro atoms. The molecule has 4 aromatic rings. The van der Waals surface area contributed by atoms with Crippen molar-refractivity contribution < 1.29 is 9.53 Å². The van der Waals surface area contributed by atoms with Crippen LogP contribution in [-0.4, -0.2) is 21.0 Å². The summed E-state index contributed by atoms with van der Waals surface area (Å²) in [4.78, 5) is 13.9. The summed E-state index contributed by atoms with van der Waals surface area (Å²) < 4.78 is 5.50. The summed E-state index contributed by atoms with van der Waals surface area (Å²) in [6.07, 6.45) is 0. The number of fused-ring (bicyclic) bond motifs is 1. The van der Waals surface area contributed by atoms with Gasteiger partial charge in [-0.05, 0) is 35.4 Å². The van der Waals surface area contributed by atoms with Crippen molar-refractivity contribution in [3.05, 3.63) is 89.7 Å². The minimum Gasteiger partial charge on any atom is -0.456 e. The molecule has 0 amide bonds. The number of aryl methyl sites for hydroxylation is 1. The monoisotopic (exact) mass is 343 g/mol. The van der Waals surface area contributed by atoms with Crippen LogP contribution in [0.15, 0.2) is 72.8 Å². The lowest BCUT2D eigenvalue weighted by molar-refractivity contribution is 0.0466. The van der Waals surface area contributed by atoms with Crippen molar-refractivity contribution in [1.82, 2.24) is 15.0 Å². The lowest BCUT2D eigenvalue weighted by Gasteiger charge is -2.07. The molecule has 4 rings (SSSR count). The number of benzene rings is 3. The quantitative estimate of drug-likeness (QED) is 0.524. The molecule has 1 heterocycles. The van der Waals surface area contributed by atoms with Gasteiger partial charge in [-0.15, -0.1) is 5.10 Å². The molecule has 128 valence electrons. The largest absolute Gasteiger partial charge is 0.456 e. The molecule has 0 N–H and O–H groups in total. The molecule has 26 heavy (non-hydrogen) atoms. The van der Waals surface area contributed by atoms with E-state index in [1.165, 1.54) is 4.80 Å². The average molecular weight is 343 g/mol. The fourth-order valence-electron chi connectivity index (χ4n) is 2.87. The normalized spacial score (nSPS) is 10.8. The number of carbonyl (C=O) groups is 1. The summed E-state index contributed by atoms with van der Waals surface area (Å²) in [6, 6.07) is 23.5. The predicted molar refractivity (Wildman–Crippen MR) is 99.2 cm³/mol. The maximum Gasteiger partial charge on any atom is 0.361 e. The van der Waals surface area contributed by atoms with Gasteiger partial charge in [0.15, 0.2) is 5.69 Å². The maximum absolute atomic E-state index is 12.5. The van der Waals surface area contributed by atoms with Crippen LogP contribution in [0.3, 0.4) is 0 Å². The van der Waals surface area contributed by atoms with Gasteiger partial charge in [-0.3, -0.25) is 0 Å². The lowest BCUT2D eigenvalue weighted by atomic mass is 10.1.